The van der Waals surface area contributed by atoms with Gasteiger partial charge in [0, 0.05) is 12.1 Å². The van der Waals surface area contributed by atoms with Gasteiger partial charge in [0.15, 0.2) is 5.82 Å². The molecule has 3 rings (SSSR count). The summed E-state index contributed by atoms with van der Waals surface area (Å²) in [6.45, 7) is 0. The molecule has 2 aromatic carbocycles. The molecule has 7 heteroatoms. The second-order valence-electron chi connectivity index (χ2n) is 4.91. The number of nitrogens with one attached hydrogen (secondary N) is 1. The van der Waals surface area contributed by atoms with Gasteiger partial charge < -0.3 is 9.67 Å². The first-order chi connectivity index (χ1) is 11.0. The molecule has 2 N–H and O–H groups in total. The monoisotopic (exact) mass is 328 g/mol. The third-order valence-corrected chi connectivity index (χ3v) is 3.62. The van der Waals surface area contributed by atoms with Crippen LogP contribution in [0.2, 0.25) is 5.02 Å². The molecule has 0 spiro atoms. The Morgan fingerprint density at radius 2 is 2.04 bits per heavy atom. The number of benzene rings is 2. The average Bonchev–Trinajstić information content (AvgIpc) is 2.83. The number of anilines is 1. The SMILES string of the molecule is Cn1c(/C=N/Nc2ccc(C(=O)O)cc2)nc2cc(Cl)ccc21. The van der Waals surface area contributed by atoms with E-state index in [0.717, 1.165) is 11.0 Å². The Morgan fingerprint density at radius 3 is 2.74 bits per heavy atom. The van der Waals surface area contributed by atoms with Crippen molar-refractivity contribution in [2.24, 2.45) is 12.1 Å². The van der Waals surface area contributed by atoms with E-state index in [1.807, 2.05) is 23.7 Å². The van der Waals surface area contributed by atoms with E-state index in [2.05, 4.69) is 15.5 Å². The fourth-order valence-corrected chi connectivity index (χ4v) is 2.33. The second kappa shape index (κ2) is 6.10. The van der Waals surface area contributed by atoms with Crippen LogP contribution in [0.3, 0.4) is 0 Å². The molecule has 0 saturated carbocycles. The van der Waals surface area contributed by atoms with Crippen LogP contribution in [0.4, 0.5) is 5.69 Å². The first kappa shape index (κ1) is 15.1. The van der Waals surface area contributed by atoms with Gasteiger partial charge in [-0.15, -0.1) is 0 Å². The van der Waals surface area contributed by atoms with Crippen molar-refractivity contribution >= 4 is 40.5 Å². The summed E-state index contributed by atoms with van der Waals surface area (Å²) in [6.07, 6.45) is 1.60. The molecular weight excluding hydrogens is 316 g/mol. The molecular formula is C16H13ClN4O2. The number of hydrogen-bond donors (Lipinski definition) is 2. The van der Waals surface area contributed by atoms with Crippen LogP contribution in [0.25, 0.3) is 11.0 Å². The maximum absolute atomic E-state index is 10.8. The van der Waals surface area contributed by atoms with Crippen molar-refractivity contribution in [3.05, 3.63) is 58.9 Å². The number of carboxylic acids is 1. The van der Waals surface area contributed by atoms with Gasteiger partial charge in [-0.3, -0.25) is 5.43 Å². The van der Waals surface area contributed by atoms with E-state index in [0.29, 0.717) is 16.5 Å². The predicted octanol–water partition coefficient (Wildman–Crippen LogP) is 3.37. The zero-order valence-corrected chi connectivity index (χ0v) is 12.9. The molecule has 0 amide bonds. The van der Waals surface area contributed by atoms with Gasteiger partial charge in [0.25, 0.3) is 0 Å². The van der Waals surface area contributed by atoms with E-state index >= 15 is 0 Å². The summed E-state index contributed by atoms with van der Waals surface area (Å²) in [5.74, 6) is -0.282. The topological polar surface area (TPSA) is 79.5 Å². The second-order valence-corrected chi connectivity index (χ2v) is 5.35. The molecule has 0 saturated heterocycles. The highest BCUT2D eigenvalue weighted by atomic mass is 35.5. The van der Waals surface area contributed by atoms with Crippen LogP contribution in [-0.4, -0.2) is 26.8 Å². The van der Waals surface area contributed by atoms with E-state index in [1.54, 1.807) is 24.4 Å². The lowest BCUT2D eigenvalue weighted by atomic mass is 10.2. The molecule has 0 unspecified atom stereocenters. The molecule has 0 aliphatic heterocycles. The number of halogens is 1. The number of aryl methyl sites for hydroxylation is 1. The molecule has 1 aromatic heterocycles. The van der Waals surface area contributed by atoms with Crippen molar-refractivity contribution in [2.75, 3.05) is 5.43 Å². The van der Waals surface area contributed by atoms with Crippen molar-refractivity contribution in [1.29, 1.82) is 0 Å². The maximum Gasteiger partial charge on any atom is 0.335 e. The highest BCUT2D eigenvalue weighted by molar-refractivity contribution is 6.31. The maximum atomic E-state index is 10.8. The largest absolute Gasteiger partial charge is 0.478 e. The highest BCUT2D eigenvalue weighted by Gasteiger charge is 2.06. The van der Waals surface area contributed by atoms with Crippen molar-refractivity contribution in [1.82, 2.24) is 9.55 Å². The average molecular weight is 329 g/mol. The number of nitrogens with zero attached hydrogens (tertiary/aromatic N) is 3. The number of carbonyl (C=O) groups is 1. The normalized spacial score (nSPS) is 11.2. The molecule has 116 valence electrons. The summed E-state index contributed by atoms with van der Waals surface area (Å²) in [7, 11) is 1.90. The molecule has 23 heavy (non-hydrogen) atoms. The molecule has 1 heterocycles. The van der Waals surface area contributed by atoms with Crippen LogP contribution in [0.1, 0.15) is 16.2 Å². The zero-order chi connectivity index (χ0) is 16.4. The first-order valence-electron chi connectivity index (χ1n) is 6.79. The van der Waals surface area contributed by atoms with E-state index < -0.39 is 5.97 Å². The fourth-order valence-electron chi connectivity index (χ4n) is 2.16. The number of fused-ring (bicyclic) bond motifs is 1. The lowest BCUT2D eigenvalue weighted by Gasteiger charge is -2.01. The Hall–Kier alpha value is -2.86. The van der Waals surface area contributed by atoms with Crippen LogP contribution in [0.15, 0.2) is 47.6 Å². The number of hydrogen-bond acceptors (Lipinski definition) is 4. The standard InChI is InChI=1S/C16H13ClN4O2/c1-21-14-7-4-11(17)8-13(14)19-15(21)9-18-20-12-5-2-10(3-6-12)16(22)23/h2-9,20H,1H3,(H,22,23)/b18-9+. The molecule has 0 fully saturated rings. The van der Waals surface area contributed by atoms with Crippen molar-refractivity contribution < 1.29 is 9.90 Å². The summed E-state index contributed by atoms with van der Waals surface area (Å²) in [4.78, 5) is 15.2. The smallest absolute Gasteiger partial charge is 0.335 e. The lowest BCUT2D eigenvalue weighted by molar-refractivity contribution is 0.0697. The van der Waals surface area contributed by atoms with Gasteiger partial charge >= 0.3 is 5.97 Å². The Balaban J connectivity index is 1.77. The van der Waals surface area contributed by atoms with E-state index in [4.69, 9.17) is 16.7 Å². The number of hydrazone groups is 1. The van der Waals surface area contributed by atoms with Crippen LogP contribution in [0, 0.1) is 0 Å². The third-order valence-electron chi connectivity index (χ3n) is 3.38. The van der Waals surface area contributed by atoms with Gasteiger partial charge in [-0.05, 0) is 42.5 Å². The van der Waals surface area contributed by atoms with Gasteiger partial charge in [0.05, 0.1) is 28.5 Å². The minimum atomic E-state index is -0.960. The Labute approximate surface area is 137 Å². The third kappa shape index (κ3) is 3.17. The zero-order valence-electron chi connectivity index (χ0n) is 12.2. The molecule has 0 radical (unpaired) electrons. The Bertz CT molecular complexity index is 900. The first-order valence-corrected chi connectivity index (χ1v) is 7.17. The molecule has 0 aliphatic rings. The van der Waals surface area contributed by atoms with Crippen LogP contribution in [-0.2, 0) is 7.05 Å². The van der Waals surface area contributed by atoms with E-state index in [9.17, 15) is 4.79 Å². The van der Waals surface area contributed by atoms with Crippen molar-refractivity contribution in [2.45, 2.75) is 0 Å². The van der Waals surface area contributed by atoms with Crippen LogP contribution in [0.5, 0.6) is 0 Å². The summed E-state index contributed by atoms with van der Waals surface area (Å²) in [5.41, 5.74) is 5.51. The van der Waals surface area contributed by atoms with E-state index in [-0.39, 0.29) is 5.56 Å². The van der Waals surface area contributed by atoms with Gasteiger partial charge in [-0.2, -0.15) is 5.10 Å². The minimum Gasteiger partial charge on any atom is -0.478 e. The number of imidazole rings is 1. The molecule has 6 nitrogen and oxygen atoms in total. The van der Waals surface area contributed by atoms with Gasteiger partial charge in [0.1, 0.15) is 0 Å². The highest BCUT2D eigenvalue weighted by Crippen LogP contribution is 2.19. The van der Waals surface area contributed by atoms with Crippen molar-refractivity contribution in [3.63, 3.8) is 0 Å². The summed E-state index contributed by atoms with van der Waals surface area (Å²) < 4.78 is 1.91. The lowest BCUT2D eigenvalue weighted by Crippen LogP contribution is -1.99. The van der Waals surface area contributed by atoms with Crippen molar-refractivity contribution in [3.8, 4) is 0 Å². The minimum absolute atomic E-state index is 0.228. The quantitative estimate of drug-likeness (QED) is 0.568. The van der Waals surface area contributed by atoms with Gasteiger partial charge in [0.2, 0.25) is 0 Å². The molecule has 3 aromatic rings. The molecule has 0 aliphatic carbocycles. The number of aromatic carboxylic acids is 1. The van der Waals surface area contributed by atoms with Crippen LogP contribution >= 0.6 is 11.6 Å². The molecule has 0 atom stereocenters. The Kier molecular flexibility index (Phi) is 3.99. The number of aromatic nitrogens is 2. The van der Waals surface area contributed by atoms with E-state index in [1.165, 1.54) is 12.1 Å². The van der Waals surface area contributed by atoms with Gasteiger partial charge in [-0.25, -0.2) is 9.78 Å². The van der Waals surface area contributed by atoms with Crippen LogP contribution < -0.4 is 5.43 Å². The molecule has 0 bridgehead atoms. The number of carboxylic acid groups (broad SMARTS) is 1. The number of rotatable bonds is 4. The summed E-state index contributed by atoms with van der Waals surface area (Å²) in [6, 6.07) is 11.8. The van der Waals surface area contributed by atoms with Gasteiger partial charge in [-0.1, -0.05) is 11.6 Å². The summed E-state index contributed by atoms with van der Waals surface area (Å²) in [5, 5.41) is 13.6. The summed E-state index contributed by atoms with van der Waals surface area (Å²) >= 11 is 5.96. The predicted molar refractivity (Wildman–Crippen MR) is 90.3 cm³/mol. The fraction of sp³-hybridized carbons (Fsp3) is 0.0625. The Morgan fingerprint density at radius 1 is 1.30 bits per heavy atom.